The van der Waals surface area contributed by atoms with E-state index >= 15 is 0 Å². The molecule has 3 heteroatoms. The van der Waals surface area contributed by atoms with Gasteiger partial charge in [0.25, 0.3) is 0 Å². The summed E-state index contributed by atoms with van der Waals surface area (Å²) in [6.07, 6.45) is 8.52. The number of esters is 1. The van der Waals surface area contributed by atoms with Crippen LogP contribution in [0.15, 0.2) is 24.3 Å². The molecule has 0 aromatic carbocycles. The first-order valence-corrected chi connectivity index (χ1v) is 5.61. The molecule has 86 valence electrons. The molecule has 0 saturated heterocycles. The van der Waals surface area contributed by atoms with Gasteiger partial charge in [0, 0.05) is 12.3 Å². The molecule has 2 atom stereocenters. The average Bonchev–Trinajstić information content (AvgIpc) is 2.30. The van der Waals surface area contributed by atoms with Crippen molar-refractivity contribution in [3.8, 4) is 6.07 Å². The van der Waals surface area contributed by atoms with Crippen molar-refractivity contribution in [2.45, 2.75) is 26.7 Å². The predicted octanol–water partition coefficient (Wildman–Crippen LogP) is 2.60. The van der Waals surface area contributed by atoms with Crippen LogP contribution in [0.2, 0.25) is 0 Å². The van der Waals surface area contributed by atoms with Crippen LogP contribution in [-0.4, -0.2) is 12.6 Å². The van der Waals surface area contributed by atoms with Crippen molar-refractivity contribution < 1.29 is 9.53 Å². The number of rotatable bonds is 4. The summed E-state index contributed by atoms with van der Waals surface area (Å²) in [4.78, 5) is 12.0. The number of ether oxygens (including phenoxy) is 1. The minimum atomic E-state index is -0.652. The fourth-order valence-electron chi connectivity index (χ4n) is 2.08. The first-order valence-electron chi connectivity index (χ1n) is 5.61. The lowest BCUT2D eigenvalue weighted by molar-refractivity contribution is -0.154. The largest absolute Gasteiger partial charge is 0.465 e. The molecule has 0 amide bonds. The van der Waals surface area contributed by atoms with E-state index in [-0.39, 0.29) is 11.9 Å². The minimum absolute atomic E-state index is 0.0773. The smallest absolute Gasteiger partial charge is 0.316 e. The number of carbonyl (C=O) groups is 1. The van der Waals surface area contributed by atoms with Crippen molar-refractivity contribution >= 4 is 5.97 Å². The lowest BCUT2D eigenvalue weighted by atomic mass is 9.69. The Morgan fingerprint density at radius 2 is 2.25 bits per heavy atom. The predicted molar refractivity (Wildman–Crippen MR) is 61.4 cm³/mol. The summed E-state index contributed by atoms with van der Waals surface area (Å²) in [5, 5.41) is 8.80. The van der Waals surface area contributed by atoms with E-state index in [1.807, 2.05) is 31.2 Å². The van der Waals surface area contributed by atoms with E-state index in [2.05, 4.69) is 6.07 Å². The highest BCUT2D eigenvalue weighted by molar-refractivity contribution is 5.80. The highest BCUT2D eigenvalue weighted by Gasteiger charge is 2.42. The third-order valence-corrected chi connectivity index (χ3v) is 3.06. The molecule has 1 aliphatic carbocycles. The zero-order valence-electron chi connectivity index (χ0n) is 9.77. The Hall–Kier alpha value is -1.56. The van der Waals surface area contributed by atoms with E-state index in [9.17, 15) is 4.79 Å². The van der Waals surface area contributed by atoms with E-state index in [0.717, 1.165) is 0 Å². The third-order valence-electron chi connectivity index (χ3n) is 3.06. The molecular weight excluding hydrogens is 202 g/mol. The molecule has 0 N–H and O–H groups in total. The summed E-state index contributed by atoms with van der Waals surface area (Å²) in [6, 6.07) is 2.13. The number of nitrogens with zero attached hydrogens (tertiary/aromatic N) is 1. The second kappa shape index (κ2) is 5.50. The molecule has 0 aromatic rings. The Labute approximate surface area is 96.4 Å². The van der Waals surface area contributed by atoms with E-state index in [4.69, 9.17) is 10.00 Å². The molecule has 0 spiro atoms. The maximum absolute atomic E-state index is 12.0. The van der Waals surface area contributed by atoms with Gasteiger partial charge in [-0.2, -0.15) is 5.26 Å². The highest BCUT2D eigenvalue weighted by atomic mass is 16.5. The van der Waals surface area contributed by atoms with Crippen molar-refractivity contribution in [3.05, 3.63) is 24.3 Å². The maximum atomic E-state index is 12.0. The van der Waals surface area contributed by atoms with Crippen molar-refractivity contribution in [2.75, 3.05) is 6.61 Å². The average molecular weight is 219 g/mol. The zero-order chi connectivity index (χ0) is 12.0. The third kappa shape index (κ3) is 2.16. The van der Waals surface area contributed by atoms with Crippen molar-refractivity contribution in [1.82, 2.24) is 0 Å². The Bertz CT molecular complexity index is 351. The molecule has 0 aromatic heterocycles. The molecule has 0 unspecified atom stereocenters. The van der Waals surface area contributed by atoms with Crippen LogP contribution < -0.4 is 0 Å². The molecule has 1 rings (SSSR count). The SMILES string of the molecule is CCOC(=O)[C@]1(CC)C=CC=C[C@H]1CC#N. The summed E-state index contributed by atoms with van der Waals surface area (Å²) < 4.78 is 5.12. The van der Waals surface area contributed by atoms with Gasteiger partial charge in [0.2, 0.25) is 0 Å². The molecule has 0 radical (unpaired) electrons. The molecule has 3 nitrogen and oxygen atoms in total. The minimum Gasteiger partial charge on any atom is -0.465 e. The Morgan fingerprint density at radius 1 is 1.50 bits per heavy atom. The summed E-state index contributed by atoms with van der Waals surface area (Å²) in [7, 11) is 0. The topological polar surface area (TPSA) is 50.1 Å². The first-order chi connectivity index (χ1) is 7.71. The van der Waals surface area contributed by atoms with Gasteiger partial charge in [0.1, 0.15) is 0 Å². The maximum Gasteiger partial charge on any atom is 0.316 e. The molecule has 1 aliphatic rings. The molecule has 0 heterocycles. The lowest BCUT2D eigenvalue weighted by Gasteiger charge is -2.34. The van der Waals surface area contributed by atoms with Crippen LogP contribution in [-0.2, 0) is 9.53 Å². The van der Waals surface area contributed by atoms with Gasteiger partial charge in [0.15, 0.2) is 0 Å². The van der Waals surface area contributed by atoms with Gasteiger partial charge in [0.05, 0.1) is 18.1 Å². The zero-order valence-corrected chi connectivity index (χ0v) is 9.77. The van der Waals surface area contributed by atoms with Crippen LogP contribution in [0, 0.1) is 22.7 Å². The fraction of sp³-hybridized carbons (Fsp3) is 0.538. The number of hydrogen-bond acceptors (Lipinski definition) is 3. The standard InChI is InChI=1S/C13H17NO2/c1-3-13(12(15)16-4-2)9-6-5-7-11(13)8-10-14/h5-7,9,11H,3-4,8H2,1-2H3/t11-,13+/m0/s1. The van der Waals surface area contributed by atoms with Gasteiger partial charge < -0.3 is 4.74 Å². The summed E-state index contributed by atoms with van der Waals surface area (Å²) in [5.74, 6) is -0.301. The summed E-state index contributed by atoms with van der Waals surface area (Å²) in [5.41, 5.74) is -0.652. The summed E-state index contributed by atoms with van der Waals surface area (Å²) in [6.45, 7) is 4.12. The van der Waals surface area contributed by atoms with Crippen LogP contribution in [0.4, 0.5) is 0 Å². The quantitative estimate of drug-likeness (QED) is 0.683. The fourth-order valence-corrected chi connectivity index (χ4v) is 2.08. The van der Waals surface area contributed by atoms with E-state index < -0.39 is 5.41 Å². The summed E-state index contributed by atoms with van der Waals surface area (Å²) >= 11 is 0. The van der Waals surface area contributed by atoms with Crippen LogP contribution in [0.3, 0.4) is 0 Å². The van der Waals surface area contributed by atoms with Crippen LogP contribution >= 0.6 is 0 Å². The second-order valence-electron chi connectivity index (χ2n) is 3.83. The van der Waals surface area contributed by atoms with Crippen molar-refractivity contribution in [2.24, 2.45) is 11.3 Å². The van der Waals surface area contributed by atoms with Gasteiger partial charge >= 0.3 is 5.97 Å². The second-order valence-corrected chi connectivity index (χ2v) is 3.83. The van der Waals surface area contributed by atoms with Gasteiger partial charge in [-0.3, -0.25) is 4.79 Å². The van der Waals surface area contributed by atoms with E-state index in [1.54, 1.807) is 6.92 Å². The van der Waals surface area contributed by atoms with Gasteiger partial charge in [-0.25, -0.2) is 0 Å². The number of hydrogen-bond donors (Lipinski definition) is 0. The van der Waals surface area contributed by atoms with Crippen molar-refractivity contribution in [1.29, 1.82) is 5.26 Å². The normalized spacial score (nSPS) is 27.4. The number of nitriles is 1. The number of carbonyl (C=O) groups excluding carboxylic acids is 1. The molecule has 0 aliphatic heterocycles. The van der Waals surface area contributed by atoms with Crippen LogP contribution in [0.1, 0.15) is 26.7 Å². The van der Waals surface area contributed by atoms with E-state index in [0.29, 0.717) is 19.4 Å². The van der Waals surface area contributed by atoms with E-state index in [1.165, 1.54) is 0 Å². The Balaban J connectivity index is 2.99. The molecule has 0 bridgehead atoms. The number of allylic oxidation sites excluding steroid dienone is 3. The van der Waals surface area contributed by atoms with Crippen LogP contribution in [0.5, 0.6) is 0 Å². The molecule has 16 heavy (non-hydrogen) atoms. The highest BCUT2D eigenvalue weighted by Crippen LogP contribution is 2.40. The van der Waals surface area contributed by atoms with Gasteiger partial charge in [-0.15, -0.1) is 0 Å². The Morgan fingerprint density at radius 3 is 2.81 bits per heavy atom. The lowest BCUT2D eigenvalue weighted by Crippen LogP contribution is -2.38. The Kier molecular flexibility index (Phi) is 4.30. The molecular formula is C13H17NO2. The van der Waals surface area contributed by atoms with Crippen LogP contribution in [0.25, 0.3) is 0 Å². The molecule has 0 saturated carbocycles. The monoisotopic (exact) mass is 219 g/mol. The van der Waals surface area contributed by atoms with Gasteiger partial charge in [-0.05, 0) is 13.3 Å². The first kappa shape index (κ1) is 12.5. The molecule has 0 fully saturated rings. The van der Waals surface area contributed by atoms with Gasteiger partial charge in [-0.1, -0.05) is 31.2 Å². The van der Waals surface area contributed by atoms with Crippen molar-refractivity contribution in [3.63, 3.8) is 0 Å².